The Hall–Kier alpha value is -4.64. The summed E-state index contributed by atoms with van der Waals surface area (Å²) in [5, 5.41) is 0. The van der Waals surface area contributed by atoms with Crippen molar-refractivity contribution in [1.29, 1.82) is 0 Å². The first-order chi connectivity index (χ1) is 23.0. The van der Waals surface area contributed by atoms with E-state index in [9.17, 15) is 0 Å². The van der Waals surface area contributed by atoms with Gasteiger partial charge in [-0.15, -0.1) is 11.3 Å². The molecule has 2 N–H and O–H groups in total. The lowest BCUT2D eigenvalue weighted by Gasteiger charge is -2.53. The van der Waals surface area contributed by atoms with Crippen molar-refractivity contribution in [2.45, 2.75) is 50.5 Å². The summed E-state index contributed by atoms with van der Waals surface area (Å²) in [5.41, 5.74) is 17.4. The summed E-state index contributed by atoms with van der Waals surface area (Å²) in [5.74, 6) is 2.71. The molecule has 9 rings (SSSR count). The first-order valence-corrected chi connectivity index (χ1v) is 17.5. The minimum Gasteiger partial charge on any atom is -0.482 e. The fraction of sp³-hybridized carbons (Fsp3) is 0.209. The van der Waals surface area contributed by atoms with Crippen molar-refractivity contribution >= 4 is 16.9 Å². The summed E-state index contributed by atoms with van der Waals surface area (Å²) in [6.45, 7) is 5.16. The average molecular weight is 632 g/mol. The first kappa shape index (κ1) is 28.6. The normalized spacial score (nSPS) is 21.7. The highest BCUT2D eigenvalue weighted by Gasteiger charge is 2.57. The number of rotatable bonds is 4. The molecule has 4 heteroatoms. The zero-order chi connectivity index (χ0) is 31.8. The lowest BCUT2D eigenvalue weighted by Crippen LogP contribution is -2.51. The molecule has 1 spiro atoms. The highest BCUT2D eigenvalue weighted by atomic mass is 32.1. The Morgan fingerprint density at radius 2 is 1.55 bits per heavy atom. The van der Waals surface area contributed by atoms with E-state index < -0.39 is 11.0 Å². The predicted molar refractivity (Wildman–Crippen MR) is 193 cm³/mol. The van der Waals surface area contributed by atoms with Gasteiger partial charge in [0.15, 0.2) is 0 Å². The van der Waals surface area contributed by atoms with E-state index in [2.05, 4.69) is 129 Å². The highest BCUT2D eigenvalue weighted by Crippen LogP contribution is 2.63. The number of thiophene rings is 1. The van der Waals surface area contributed by atoms with Crippen molar-refractivity contribution in [3.8, 4) is 28.4 Å². The van der Waals surface area contributed by atoms with E-state index in [0.29, 0.717) is 6.54 Å². The second-order valence-electron chi connectivity index (χ2n) is 13.3. The molecule has 2 aliphatic heterocycles. The molecule has 2 atom stereocenters. The number of para-hydroxylation sites is 1. The molecule has 0 saturated heterocycles. The van der Waals surface area contributed by atoms with Crippen LogP contribution in [0, 0.1) is 6.92 Å². The third kappa shape index (κ3) is 4.14. The second kappa shape index (κ2) is 10.7. The quantitative estimate of drug-likeness (QED) is 0.215. The molecule has 0 radical (unpaired) electrons. The van der Waals surface area contributed by atoms with Crippen LogP contribution in [0.1, 0.15) is 62.9 Å². The van der Waals surface area contributed by atoms with Crippen molar-refractivity contribution in [1.82, 2.24) is 0 Å². The van der Waals surface area contributed by atoms with Gasteiger partial charge in [0.25, 0.3) is 0 Å². The molecule has 4 aliphatic rings. The van der Waals surface area contributed by atoms with Gasteiger partial charge in [-0.3, -0.25) is 0 Å². The third-order valence-corrected chi connectivity index (χ3v) is 11.8. The van der Waals surface area contributed by atoms with Crippen LogP contribution >= 0.6 is 11.3 Å². The molecule has 232 valence electrons. The zero-order valence-corrected chi connectivity index (χ0v) is 27.6. The first-order valence-electron chi connectivity index (χ1n) is 16.7. The van der Waals surface area contributed by atoms with Gasteiger partial charge in [0, 0.05) is 32.9 Å². The maximum Gasteiger partial charge on any atom is 0.132 e. The number of hydrogen-bond donors (Lipinski definition) is 1. The zero-order valence-electron chi connectivity index (χ0n) is 26.8. The Balaban J connectivity index is 1.30. The number of aryl methyl sites for hydroxylation is 2. The second-order valence-corrected chi connectivity index (χ2v) is 14.6. The molecule has 0 saturated carbocycles. The Kier molecular flexibility index (Phi) is 6.50. The number of allylic oxidation sites excluding steroid dienone is 3. The topological polar surface area (TPSA) is 44.5 Å². The molecule has 4 aromatic carbocycles. The summed E-state index contributed by atoms with van der Waals surface area (Å²) in [7, 11) is 0. The van der Waals surface area contributed by atoms with Crippen LogP contribution < -0.4 is 15.2 Å². The monoisotopic (exact) mass is 631 g/mol. The number of nitrogens with two attached hydrogens (primary N) is 1. The van der Waals surface area contributed by atoms with Crippen molar-refractivity contribution in [2.75, 3.05) is 6.54 Å². The van der Waals surface area contributed by atoms with Crippen LogP contribution in [-0.4, -0.2) is 12.1 Å². The minimum atomic E-state index is -0.583. The Morgan fingerprint density at radius 1 is 0.809 bits per heavy atom. The molecule has 2 unspecified atom stereocenters. The van der Waals surface area contributed by atoms with Crippen LogP contribution in [0.25, 0.3) is 16.7 Å². The van der Waals surface area contributed by atoms with E-state index in [1.165, 1.54) is 43.2 Å². The van der Waals surface area contributed by atoms with Crippen LogP contribution in [0.4, 0.5) is 0 Å². The molecule has 0 bridgehead atoms. The van der Waals surface area contributed by atoms with Crippen molar-refractivity contribution in [3.63, 3.8) is 0 Å². The molecule has 5 aromatic rings. The van der Waals surface area contributed by atoms with Crippen LogP contribution in [0.5, 0.6) is 17.2 Å². The van der Waals surface area contributed by atoms with Crippen LogP contribution in [0.2, 0.25) is 0 Å². The summed E-state index contributed by atoms with van der Waals surface area (Å²) in [4.78, 5) is 2.87. The molecule has 1 aromatic heterocycles. The van der Waals surface area contributed by atoms with Crippen LogP contribution in [0.15, 0.2) is 121 Å². The number of ether oxygens (including phenoxy) is 2. The largest absolute Gasteiger partial charge is 0.482 e. The SMILES string of the molecule is Cc1sc2c(c1CCN)C(c1ccc3c(c1)OC1(C)CC=CC=C1C31c3ccccc3Oc3cc(-c4ccccc4)ccc31)=CCC2. The van der Waals surface area contributed by atoms with E-state index in [1.54, 1.807) is 0 Å². The molecule has 3 heterocycles. The van der Waals surface area contributed by atoms with Gasteiger partial charge in [0.05, 0.1) is 5.41 Å². The van der Waals surface area contributed by atoms with Gasteiger partial charge in [-0.25, -0.2) is 0 Å². The van der Waals surface area contributed by atoms with E-state index in [-0.39, 0.29) is 0 Å². The predicted octanol–water partition coefficient (Wildman–Crippen LogP) is 10.1. The summed E-state index contributed by atoms with van der Waals surface area (Å²) >= 11 is 1.94. The van der Waals surface area contributed by atoms with Crippen molar-refractivity contribution in [2.24, 2.45) is 5.73 Å². The number of fused-ring (bicyclic) bond motifs is 9. The van der Waals surface area contributed by atoms with Gasteiger partial charge in [0.1, 0.15) is 22.8 Å². The van der Waals surface area contributed by atoms with Gasteiger partial charge < -0.3 is 15.2 Å². The van der Waals surface area contributed by atoms with Gasteiger partial charge in [-0.2, -0.15) is 0 Å². The number of hydrogen-bond acceptors (Lipinski definition) is 4. The Bertz CT molecular complexity index is 2170. The molecular weight excluding hydrogens is 595 g/mol. The minimum absolute atomic E-state index is 0.532. The van der Waals surface area contributed by atoms with Crippen LogP contribution in [-0.2, 0) is 18.3 Å². The molecular formula is C43H37NO2S. The van der Waals surface area contributed by atoms with E-state index >= 15 is 0 Å². The smallest absolute Gasteiger partial charge is 0.132 e. The van der Waals surface area contributed by atoms with Gasteiger partial charge in [-0.1, -0.05) is 97.1 Å². The van der Waals surface area contributed by atoms with Gasteiger partial charge >= 0.3 is 0 Å². The summed E-state index contributed by atoms with van der Waals surface area (Å²) in [6, 6.07) is 32.8. The van der Waals surface area contributed by atoms with E-state index in [4.69, 9.17) is 15.2 Å². The Labute approximate surface area is 280 Å². The number of benzene rings is 4. The molecule has 0 amide bonds. The summed E-state index contributed by atoms with van der Waals surface area (Å²) < 4.78 is 14.0. The average Bonchev–Trinajstić information content (AvgIpc) is 3.42. The standard InChI is InChI=1S/C43H37NO2S/c1-27-31(22-24-44)41-32(13-10-16-39(41)47-27)30-19-21-35-38(26-30)46-42(2)23-9-8-17-40(42)43(35)33-14-6-7-15-36(33)45-37-25-29(18-20-34(37)43)28-11-4-3-5-12-28/h3-9,11-15,17-21,25-26H,10,16,22-24,44H2,1-2H3. The fourth-order valence-corrected chi connectivity index (χ4v) is 9.81. The van der Waals surface area contributed by atoms with E-state index in [1.807, 2.05) is 11.3 Å². The third-order valence-electron chi connectivity index (χ3n) is 10.6. The van der Waals surface area contributed by atoms with Crippen molar-refractivity contribution in [3.05, 3.63) is 164 Å². The summed E-state index contributed by atoms with van der Waals surface area (Å²) in [6.07, 6.45) is 13.0. The molecule has 2 aliphatic carbocycles. The molecule has 0 fully saturated rings. The highest BCUT2D eigenvalue weighted by molar-refractivity contribution is 7.12. The maximum absolute atomic E-state index is 7.17. The van der Waals surface area contributed by atoms with E-state index in [0.717, 1.165) is 65.2 Å². The molecule has 3 nitrogen and oxygen atoms in total. The Morgan fingerprint density at radius 3 is 2.40 bits per heavy atom. The maximum atomic E-state index is 7.17. The lowest BCUT2D eigenvalue weighted by molar-refractivity contribution is 0.100. The van der Waals surface area contributed by atoms with Crippen molar-refractivity contribution < 1.29 is 9.47 Å². The van der Waals surface area contributed by atoms with Gasteiger partial charge in [0.2, 0.25) is 0 Å². The molecule has 47 heavy (non-hydrogen) atoms. The lowest BCUT2D eigenvalue weighted by atomic mass is 9.57. The fourth-order valence-electron chi connectivity index (χ4n) is 8.56. The van der Waals surface area contributed by atoms with Crippen LogP contribution in [0.3, 0.4) is 0 Å². The van der Waals surface area contributed by atoms with Gasteiger partial charge in [-0.05, 0) is 96.8 Å².